The van der Waals surface area contributed by atoms with Crippen LogP contribution in [0.4, 0.5) is 0 Å². The number of hydrogen-bond acceptors (Lipinski definition) is 3. The summed E-state index contributed by atoms with van der Waals surface area (Å²) in [5.74, 6) is 0.841. The second kappa shape index (κ2) is 5.68. The van der Waals surface area contributed by atoms with Gasteiger partial charge in [0.25, 0.3) is 5.91 Å². The summed E-state index contributed by atoms with van der Waals surface area (Å²) in [6.07, 6.45) is 0. The minimum Gasteiger partial charge on any atom is -0.497 e. The third kappa shape index (κ3) is 2.90. The van der Waals surface area contributed by atoms with Crippen molar-refractivity contribution in [2.45, 2.75) is 0 Å². The molecule has 0 aliphatic carbocycles. The van der Waals surface area contributed by atoms with Crippen molar-refractivity contribution in [2.75, 3.05) is 33.4 Å². The van der Waals surface area contributed by atoms with Gasteiger partial charge >= 0.3 is 0 Å². The van der Waals surface area contributed by atoms with Crippen LogP contribution in [0.3, 0.4) is 0 Å². The Morgan fingerprint density at radius 1 is 1.41 bits per heavy atom. The molecule has 0 radical (unpaired) electrons. The molecule has 4 nitrogen and oxygen atoms in total. The predicted octanol–water partition coefficient (Wildman–Crippen LogP) is 1.77. The van der Waals surface area contributed by atoms with Crippen LogP contribution >= 0.6 is 22.6 Å². The fourth-order valence-electron chi connectivity index (χ4n) is 1.73. The van der Waals surface area contributed by atoms with E-state index in [1.807, 2.05) is 23.1 Å². The number of hydrogen-bond donors (Lipinski definition) is 0. The number of rotatable bonds is 2. The number of amides is 1. The average molecular weight is 347 g/mol. The highest BCUT2D eigenvalue weighted by Crippen LogP contribution is 2.21. The summed E-state index contributed by atoms with van der Waals surface area (Å²) in [6, 6.07) is 5.50. The first-order valence-corrected chi connectivity index (χ1v) is 6.51. The van der Waals surface area contributed by atoms with Gasteiger partial charge < -0.3 is 14.4 Å². The van der Waals surface area contributed by atoms with E-state index in [0.29, 0.717) is 26.3 Å². The monoisotopic (exact) mass is 347 g/mol. The summed E-state index contributed by atoms with van der Waals surface area (Å²) in [6.45, 7) is 2.58. The molecule has 0 aromatic heterocycles. The van der Waals surface area contributed by atoms with E-state index in [1.54, 1.807) is 7.11 Å². The molecule has 0 N–H and O–H groups in total. The van der Waals surface area contributed by atoms with Gasteiger partial charge in [-0.1, -0.05) is 0 Å². The molecule has 1 aliphatic heterocycles. The minimum atomic E-state index is 0.0698. The molecule has 2 rings (SSSR count). The molecule has 5 heteroatoms. The zero-order valence-electron chi connectivity index (χ0n) is 9.61. The molecule has 1 heterocycles. The largest absolute Gasteiger partial charge is 0.497 e. The molecule has 0 unspecified atom stereocenters. The SMILES string of the molecule is COc1ccc(C(=O)N2CCOCC2)c(I)c1. The Balaban J connectivity index is 2.18. The van der Waals surface area contributed by atoms with Gasteiger partial charge in [-0.05, 0) is 40.8 Å². The second-order valence-corrected chi connectivity index (χ2v) is 4.91. The van der Waals surface area contributed by atoms with E-state index >= 15 is 0 Å². The number of nitrogens with zero attached hydrogens (tertiary/aromatic N) is 1. The van der Waals surface area contributed by atoms with Crippen LogP contribution in [0, 0.1) is 3.57 Å². The lowest BCUT2D eigenvalue weighted by atomic mass is 10.2. The van der Waals surface area contributed by atoms with Gasteiger partial charge in [0.15, 0.2) is 0 Å². The molecular weight excluding hydrogens is 333 g/mol. The Labute approximate surface area is 114 Å². The van der Waals surface area contributed by atoms with Crippen molar-refractivity contribution in [1.82, 2.24) is 4.90 Å². The fraction of sp³-hybridized carbons (Fsp3) is 0.417. The van der Waals surface area contributed by atoms with Gasteiger partial charge in [0.05, 0.1) is 25.9 Å². The summed E-state index contributed by atoms with van der Waals surface area (Å²) >= 11 is 2.16. The van der Waals surface area contributed by atoms with E-state index < -0.39 is 0 Å². The number of methoxy groups -OCH3 is 1. The van der Waals surface area contributed by atoms with Crippen LogP contribution in [0.2, 0.25) is 0 Å². The zero-order chi connectivity index (χ0) is 12.3. The van der Waals surface area contributed by atoms with Crippen molar-refractivity contribution in [1.29, 1.82) is 0 Å². The molecule has 1 amide bonds. The van der Waals surface area contributed by atoms with E-state index in [4.69, 9.17) is 9.47 Å². The predicted molar refractivity (Wildman–Crippen MR) is 72.4 cm³/mol. The maximum atomic E-state index is 12.2. The number of benzene rings is 1. The van der Waals surface area contributed by atoms with E-state index in [0.717, 1.165) is 14.9 Å². The van der Waals surface area contributed by atoms with Gasteiger partial charge in [0, 0.05) is 16.7 Å². The van der Waals surface area contributed by atoms with Crippen molar-refractivity contribution >= 4 is 28.5 Å². The summed E-state index contributed by atoms with van der Waals surface area (Å²) < 4.78 is 11.3. The lowest BCUT2D eigenvalue weighted by molar-refractivity contribution is 0.0302. The molecule has 0 bridgehead atoms. The first-order chi connectivity index (χ1) is 8.22. The van der Waals surface area contributed by atoms with Gasteiger partial charge in [-0.3, -0.25) is 4.79 Å². The quantitative estimate of drug-likeness (QED) is 0.766. The number of halogens is 1. The van der Waals surface area contributed by atoms with Gasteiger partial charge in [0.2, 0.25) is 0 Å². The highest BCUT2D eigenvalue weighted by Gasteiger charge is 2.20. The Morgan fingerprint density at radius 2 is 2.12 bits per heavy atom. The summed E-state index contributed by atoms with van der Waals surface area (Å²) in [7, 11) is 1.62. The highest BCUT2D eigenvalue weighted by molar-refractivity contribution is 14.1. The van der Waals surface area contributed by atoms with Gasteiger partial charge in [0.1, 0.15) is 5.75 Å². The van der Waals surface area contributed by atoms with E-state index in [2.05, 4.69) is 22.6 Å². The first-order valence-electron chi connectivity index (χ1n) is 5.43. The van der Waals surface area contributed by atoms with Crippen molar-refractivity contribution in [3.63, 3.8) is 0 Å². The number of ether oxygens (including phenoxy) is 2. The smallest absolute Gasteiger partial charge is 0.255 e. The number of carbonyl (C=O) groups excluding carboxylic acids is 1. The molecular formula is C12H14INO3. The van der Waals surface area contributed by atoms with E-state index in [9.17, 15) is 4.79 Å². The topological polar surface area (TPSA) is 38.8 Å². The molecule has 0 saturated carbocycles. The maximum Gasteiger partial charge on any atom is 0.255 e. The highest BCUT2D eigenvalue weighted by atomic mass is 127. The van der Waals surface area contributed by atoms with Gasteiger partial charge in [-0.2, -0.15) is 0 Å². The molecule has 17 heavy (non-hydrogen) atoms. The summed E-state index contributed by atoms with van der Waals surface area (Å²) in [4.78, 5) is 14.1. The Kier molecular flexibility index (Phi) is 4.22. The normalized spacial score (nSPS) is 15.8. The van der Waals surface area contributed by atoms with Crippen molar-refractivity contribution in [3.8, 4) is 5.75 Å². The molecule has 92 valence electrons. The number of morpholine rings is 1. The molecule has 1 aromatic rings. The van der Waals surface area contributed by atoms with Crippen LogP contribution in [0.25, 0.3) is 0 Å². The van der Waals surface area contributed by atoms with Crippen LogP contribution in [0.5, 0.6) is 5.75 Å². The first kappa shape index (κ1) is 12.6. The Morgan fingerprint density at radius 3 is 2.71 bits per heavy atom. The molecule has 0 spiro atoms. The van der Waals surface area contributed by atoms with Crippen LogP contribution in [0.15, 0.2) is 18.2 Å². The average Bonchev–Trinajstić information content (AvgIpc) is 2.39. The molecule has 1 aromatic carbocycles. The zero-order valence-corrected chi connectivity index (χ0v) is 11.8. The standard InChI is InChI=1S/C12H14INO3/c1-16-9-2-3-10(11(13)8-9)12(15)14-4-6-17-7-5-14/h2-3,8H,4-7H2,1H3. The molecule has 1 aliphatic rings. The van der Waals surface area contributed by atoms with Crippen molar-refractivity contribution in [3.05, 3.63) is 27.3 Å². The maximum absolute atomic E-state index is 12.2. The number of carbonyl (C=O) groups is 1. The summed E-state index contributed by atoms with van der Waals surface area (Å²) in [5.41, 5.74) is 0.730. The fourth-order valence-corrected chi connectivity index (χ4v) is 2.45. The lowest BCUT2D eigenvalue weighted by Crippen LogP contribution is -2.40. The third-order valence-electron chi connectivity index (χ3n) is 2.70. The third-order valence-corrected chi connectivity index (χ3v) is 3.60. The van der Waals surface area contributed by atoms with Crippen LogP contribution in [-0.2, 0) is 4.74 Å². The van der Waals surface area contributed by atoms with E-state index in [1.165, 1.54) is 0 Å². The molecule has 0 atom stereocenters. The van der Waals surface area contributed by atoms with E-state index in [-0.39, 0.29) is 5.91 Å². The van der Waals surface area contributed by atoms with Crippen molar-refractivity contribution in [2.24, 2.45) is 0 Å². The van der Waals surface area contributed by atoms with Gasteiger partial charge in [-0.15, -0.1) is 0 Å². The van der Waals surface area contributed by atoms with Crippen LogP contribution in [-0.4, -0.2) is 44.2 Å². The lowest BCUT2D eigenvalue weighted by Gasteiger charge is -2.27. The van der Waals surface area contributed by atoms with Crippen LogP contribution in [0.1, 0.15) is 10.4 Å². The summed E-state index contributed by atoms with van der Waals surface area (Å²) in [5, 5.41) is 0. The van der Waals surface area contributed by atoms with Crippen LogP contribution < -0.4 is 4.74 Å². The second-order valence-electron chi connectivity index (χ2n) is 3.75. The van der Waals surface area contributed by atoms with Crippen molar-refractivity contribution < 1.29 is 14.3 Å². The van der Waals surface area contributed by atoms with Gasteiger partial charge in [-0.25, -0.2) is 0 Å². The Bertz CT molecular complexity index is 416. The minimum absolute atomic E-state index is 0.0698. The molecule has 1 saturated heterocycles. The Hall–Kier alpha value is -0.820. The molecule has 1 fully saturated rings.